The number of benzene rings is 1. The molecule has 0 saturated heterocycles. The molecule has 7 heteroatoms. The number of aromatic hydroxyl groups is 2. The number of phenols is 2. The van der Waals surface area contributed by atoms with Crippen molar-refractivity contribution in [1.29, 1.82) is 0 Å². The molecule has 2 unspecified atom stereocenters. The fraction of sp³-hybridized carbons (Fsp3) is 0.333. The van der Waals surface area contributed by atoms with Crippen molar-refractivity contribution in [2.75, 3.05) is 6.54 Å². The molecule has 4 N–H and O–H groups in total. The smallest absolute Gasteiger partial charge is 0.163 e. The van der Waals surface area contributed by atoms with Gasteiger partial charge in [0.25, 0.3) is 0 Å². The van der Waals surface area contributed by atoms with Crippen molar-refractivity contribution >= 4 is 0 Å². The first kappa shape index (κ1) is 12.1. The summed E-state index contributed by atoms with van der Waals surface area (Å²) in [4.78, 5) is 2.43. The Hall–Kier alpha value is -1.95. The van der Waals surface area contributed by atoms with Crippen molar-refractivity contribution in [3.05, 3.63) is 34.2 Å². The first-order valence-corrected chi connectivity index (χ1v) is 4.45. The van der Waals surface area contributed by atoms with Gasteiger partial charge in [0.2, 0.25) is 0 Å². The van der Waals surface area contributed by atoms with Crippen molar-refractivity contribution in [2.45, 2.75) is 12.2 Å². The molecule has 7 nitrogen and oxygen atoms in total. The maximum Gasteiger partial charge on any atom is 0.163 e. The van der Waals surface area contributed by atoms with Crippen LogP contribution in [0.2, 0.25) is 0 Å². The summed E-state index contributed by atoms with van der Waals surface area (Å²) in [6.45, 7) is -0.327. The Morgan fingerprint density at radius 1 is 1.31 bits per heavy atom. The van der Waals surface area contributed by atoms with Crippen LogP contribution in [-0.4, -0.2) is 33.1 Å². The highest BCUT2D eigenvalue weighted by atomic mass is 16.3. The molecule has 0 saturated carbocycles. The predicted molar refractivity (Wildman–Crippen MR) is 54.8 cm³/mol. The summed E-state index contributed by atoms with van der Waals surface area (Å²) in [6, 6.07) is 4.00. The monoisotopic (exact) mass is 225 g/mol. The molecule has 1 aromatic rings. The lowest BCUT2D eigenvalue weighted by Gasteiger charge is -2.17. The quantitative estimate of drug-likeness (QED) is 0.261. The van der Waals surface area contributed by atoms with Crippen LogP contribution in [0.3, 0.4) is 0 Å². The van der Waals surface area contributed by atoms with E-state index in [4.69, 9.17) is 5.53 Å². The van der Waals surface area contributed by atoms with Crippen LogP contribution in [0, 0.1) is 0 Å². The fourth-order valence-corrected chi connectivity index (χ4v) is 1.21. The number of nitrogens with zero attached hydrogens (tertiary/aromatic N) is 3. The van der Waals surface area contributed by atoms with E-state index >= 15 is 0 Å². The standard InChI is InChI=1S/C9H11N3O4/c10-12-11-4-7(14)9(16)5-2-1-3-6(13)8(5)15/h1-3,7,9,13-16H,4H2. The lowest BCUT2D eigenvalue weighted by atomic mass is 10.0. The Morgan fingerprint density at radius 3 is 2.62 bits per heavy atom. The van der Waals surface area contributed by atoms with Gasteiger partial charge < -0.3 is 20.4 Å². The van der Waals surface area contributed by atoms with E-state index < -0.39 is 23.7 Å². The third-order valence-electron chi connectivity index (χ3n) is 2.06. The molecular formula is C9H11N3O4. The summed E-state index contributed by atoms with van der Waals surface area (Å²) < 4.78 is 0. The normalized spacial score (nSPS) is 13.9. The molecule has 0 aliphatic rings. The summed E-state index contributed by atoms with van der Waals surface area (Å²) in [7, 11) is 0. The van der Waals surface area contributed by atoms with Crippen LogP contribution in [-0.2, 0) is 0 Å². The van der Waals surface area contributed by atoms with Gasteiger partial charge in [-0.05, 0) is 11.6 Å². The van der Waals surface area contributed by atoms with Crippen molar-refractivity contribution in [3.63, 3.8) is 0 Å². The lowest BCUT2D eigenvalue weighted by molar-refractivity contribution is 0.0228. The van der Waals surface area contributed by atoms with Gasteiger partial charge in [-0.1, -0.05) is 17.2 Å². The molecule has 0 aromatic heterocycles. The highest BCUT2D eigenvalue weighted by Gasteiger charge is 2.21. The highest BCUT2D eigenvalue weighted by Crippen LogP contribution is 2.33. The third kappa shape index (κ3) is 2.54. The molecule has 0 heterocycles. The molecule has 0 aliphatic carbocycles. The molecule has 0 radical (unpaired) electrons. The minimum atomic E-state index is -1.43. The Kier molecular flexibility index (Phi) is 3.96. The largest absolute Gasteiger partial charge is 0.504 e. The molecule has 0 amide bonds. The summed E-state index contributed by atoms with van der Waals surface area (Å²) in [5.41, 5.74) is 8.02. The minimum absolute atomic E-state index is 0.0272. The molecule has 2 atom stereocenters. The van der Waals surface area contributed by atoms with Crippen molar-refractivity contribution in [3.8, 4) is 11.5 Å². The van der Waals surface area contributed by atoms with Crippen LogP contribution in [0.4, 0.5) is 0 Å². The van der Waals surface area contributed by atoms with Gasteiger partial charge in [0.05, 0.1) is 12.6 Å². The first-order chi connectivity index (χ1) is 7.57. The maximum atomic E-state index is 9.62. The number of hydrogen-bond donors (Lipinski definition) is 4. The van der Waals surface area contributed by atoms with Crippen molar-refractivity contribution in [1.82, 2.24) is 0 Å². The number of phenolic OH excluding ortho intramolecular Hbond substituents is 2. The average Bonchev–Trinajstić information content (AvgIpc) is 2.28. The van der Waals surface area contributed by atoms with Crippen LogP contribution >= 0.6 is 0 Å². The molecular weight excluding hydrogens is 214 g/mol. The van der Waals surface area contributed by atoms with Gasteiger partial charge in [0.1, 0.15) is 6.10 Å². The molecule has 1 rings (SSSR count). The van der Waals surface area contributed by atoms with Crippen LogP contribution in [0.25, 0.3) is 10.4 Å². The molecule has 0 aliphatic heterocycles. The SMILES string of the molecule is [N-]=[N+]=NCC(O)C(O)c1cccc(O)c1O. The van der Waals surface area contributed by atoms with E-state index in [-0.39, 0.29) is 12.1 Å². The molecule has 86 valence electrons. The highest BCUT2D eigenvalue weighted by molar-refractivity contribution is 5.45. The summed E-state index contributed by atoms with van der Waals surface area (Å²) >= 11 is 0. The van der Waals surface area contributed by atoms with Gasteiger partial charge >= 0.3 is 0 Å². The molecule has 16 heavy (non-hydrogen) atoms. The number of aliphatic hydroxyl groups is 2. The maximum absolute atomic E-state index is 9.62. The van der Waals surface area contributed by atoms with Gasteiger partial charge in [-0.25, -0.2) is 0 Å². The second-order valence-electron chi connectivity index (χ2n) is 3.14. The average molecular weight is 225 g/mol. The zero-order valence-corrected chi connectivity index (χ0v) is 8.22. The molecule has 0 bridgehead atoms. The number of aliphatic hydroxyl groups excluding tert-OH is 2. The van der Waals surface area contributed by atoms with Gasteiger partial charge in [0.15, 0.2) is 11.5 Å². The van der Waals surface area contributed by atoms with Gasteiger partial charge in [-0.2, -0.15) is 0 Å². The van der Waals surface area contributed by atoms with Crippen LogP contribution in [0.1, 0.15) is 11.7 Å². The molecule has 0 fully saturated rings. The minimum Gasteiger partial charge on any atom is -0.504 e. The number of hydrogen-bond acceptors (Lipinski definition) is 5. The summed E-state index contributed by atoms with van der Waals surface area (Å²) in [5, 5.41) is 40.7. The predicted octanol–water partition coefficient (Wildman–Crippen LogP) is 0.802. The topological polar surface area (TPSA) is 130 Å². The third-order valence-corrected chi connectivity index (χ3v) is 2.06. The Labute approximate surface area is 90.8 Å². The lowest BCUT2D eigenvalue weighted by Crippen LogP contribution is -2.21. The summed E-state index contributed by atoms with van der Waals surface area (Å²) in [5.74, 6) is -0.900. The number of para-hydroxylation sites is 1. The van der Waals surface area contributed by atoms with Gasteiger partial charge in [0, 0.05) is 10.5 Å². The van der Waals surface area contributed by atoms with Crippen molar-refractivity contribution in [2.24, 2.45) is 5.11 Å². The van der Waals surface area contributed by atoms with Gasteiger partial charge in [-0.15, -0.1) is 0 Å². The van der Waals surface area contributed by atoms with E-state index in [2.05, 4.69) is 10.0 Å². The Balaban J connectivity index is 2.91. The van der Waals surface area contributed by atoms with E-state index in [1.807, 2.05) is 0 Å². The van der Waals surface area contributed by atoms with Crippen LogP contribution in [0.5, 0.6) is 11.5 Å². The Morgan fingerprint density at radius 2 is 2.00 bits per heavy atom. The molecule has 0 spiro atoms. The van der Waals surface area contributed by atoms with E-state index in [1.165, 1.54) is 18.2 Å². The second-order valence-corrected chi connectivity index (χ2v) is 3.14. The zero-order chi connectivity index (χ0) is 12.1. The van der Waals surface area contributed by atoms with E-state index in [9.17, 15) is 20.4 Å². The number of rotatable bonds is 4. The fourth-order valence-electron chi connectivity index (χ4n) is 1.21. The van der Waals surface area contributed by atoms with E-state index in [0.29, 0.717) is 0 Å². The Bertz CT molecular complexity index is 417. The number of azide groups is 1. The van der Waals surface area contributed by atoms with E-state index in [1.54, 1.807) is 0 Å². The summed E-state index contributed by atoms with van der Waals surface area (Å²) in [6.07, 6.45) is -2.78. The van der Waals surface area contributed by atoms with E-state index in [0.717, 1.165) is 0 Å². The zero-order valence-electron chi connectivity index (χ0n) is 8.22. The van der Waals surface area contributed by atoms with Crippen LogP contribution < -0.4 is 0 Å². The second kappa shape index (κ2) is 5.22. The first-order valence-electron chi connectivity index (χ1n) is 4.45. The van der Waals surface area contributed by atoms with Gasteiger partial charge in [-0.3, -0.25) is 0 Å². The van der Waals surface area contributed by atoms with Crippen molar-refractivity contribution < 1.29 is 20.4 Å². The van der Waals surface area contributed by atoms with Crippen LogP contribution in [0.15, 0.2) is 23.3 Å². The molecule has 1 aromatic carbocycles.